The van der Waals surface area contributed by atoms with Gasteiger partial charge in [-0.2, -0.15) is 5.10 Å². The Kier molecular flexibility index (Phi) is 2.79. The standard InChI is InChI=1S/C7H12F2N2/c8-7(9)5-2-1-3-6(4-5)11-10/h5,7H,1-4,10H2/b11-6-. The third-order valence-corrected chi connectivity index (χ3v) is 2.08. The van der Waals surface area contributed by atoms with E-state index < -0.39 is 12.3 Å². The van der Waals surface area contributed by atoms with E-state index in [1.807, 2.05) is 0 Å². The van der Waals surface area contributed by atoms with Crippen LogP contribution in [-0.2, 0) is 0 Å². The van der Waals surface area contributed by atoms with Gasteiger partial charge in [0.15, 0.2) is 0 Å². The molecule has 2 N–H and O–H groups in total. The number of alkyl halides is 2. The van der Waals surface area contributed by atoms with E-state index >= 15 is 0 Å². The molecule has 1 unspecified atom stereocenters. The van der Waals surface area contributed by atoms with Crippen LogP contribution in [-0.4, -0.2) is 12.1 Å². The first-order chi connectivity index (χ1) is 5.24. The second-order valence-corrected chi connectivity index (χ2v) is 2.89. The van der Waals surface area contributed by atoms with Crippen LogP contribution in [0.15, 0.2) is 5.10 Å². The molecule has 0 heterocycles. The van der Waals surface area contributed by atoms with Crippen molar-refractivity contribution >= 4 is 5.71 Å². The lowest BCUT2D eigenvalue weighted by molar-refractivity contribution is 0.0716. The van der Waals surface area contributed by atoms with Crippen LogP contribution >= 0.6 is 0 Å². The van der Waals surface area contributed by atoms with Gasteiger partial charge in [0.05, 0.1) is 0 Å². The molecule has 1 atom stereocenters. The molecule has 1 rings (SSSR count). The van der Waals surface area contributed by atoms with Crippen LogP contribution in [0.5, 0.6) is 0 Å². The number of nitrogens with two attached hydrogens (primary N) is 1. The maximum absolute atomic E-state index is 12.1. The Balaban J connectivity index is 2.46. The van der Waals surface area contributed by atoms with Crippen molar-refractivity contribution in [3.05, 3.63) is 0 Å². The summed E-state index contributed by atoms with van der Waals surface area (Å²) in [4.78, 5) is 0. The number of hydrazone groups is 1. The highest BCUT2D eigenvalue weighted by atomic mass is 19.3. The van der Waals surface area contributed by atoms with E-state index in [0.29, 0.717) is 12.8 Å². The second-order valence-electron chi connectivity index (χ2n) is 2.89. The van der Waals surface area contributed by atoms with Crippen LogP contribution in [0.2, 0.25) is 0 Å². The van der Waals surface area contributed by atoms with Gasteiger partial charge in [-0.25, -0.2) is 8.78 Å². The minimum Gasteiger partial charge on any atom is -0.323 e. The molecule has 1 aliphatic rings. The molecule has 0 aromatic heterocycles. The number of rotatable bonds is 1. The zero-order valence-electron chi connectivity index (χ0n) is 6.26. The maximum Gasteiger partial charge on any atom is 0.241 e. The van der Waals surface area contributed by atoms with Gasteiger partial charge in [-0.05, 0) is 25.7 Å². The Labute approximate surface area is 64.5 Å². The Morgan fingerprint density at radius 1 is 1.55 bits per heavy atom. The molecule has 0 aromatic rings. The molecule has 0 saturated heterocycles. The Bertz CT molecular complexity index is 157. The zero-order chi connectivity index (χ0) is 8.27. The molecular formula is C7H12F2N2. The van der Waals surface area contributed by atoms with Crippen LogP contribution in [0, 0.1) is 5.92 Å². The molecule has 0 spiro atoms. The highest BCUT2D eigenvalue weighted by Crippen LogP contribution is 2.26. The molecule has 11 heavy (non-hydrogen) atoms. The predicted octanol–water partition coefficient (Wildman–Crippen LogP) is 1.76. The average Bonchev–Trinajstić information content (AvgIpc) is 2.05. The number of nitrogens with zero attached hydrogens (tertiary/aromatic N) is 1. The fraction of sp³-hybridized carbons (Fsp3) is 0.857. The van der Waals surface area contributed by atoms with Gasteiger partial charge in [-0.15, -0.1) is 0 Å². The summed E-state index contributed by atoms with van der Waals surface area (Å²) in [5, 5.41) is 3.46. The van der Waals surface area contributed by atoms with Gasteiger partial charge in [0, 0.05) is 11.6 Å². The van der Waals surface area contributed by atoms with Crippen molar-refractivity contribution in [1.82, 2.24) is 0 Å². The molecule has 0 bridgehead atoms. The van der Waals surface area contributed by atoms with Gasteiger partial charge in [0.2, 0.25) is 6.43 Å². The van der Waals surface area contributed by atoms with Gasteiger partial charge >= 0.3 is 0 Å². The molecule has 4 heteroatoms. The van der Waals surface area contributed by atoms with Gasteiger partial charge < -0.3 is 5.84 Å². The van der Waals surface area contributed by atoms with Crippen LogP contribution in [0.4, 0.5) is 8.78 Å². The summed E-state index contributed by atoms with van der Waals surface area (Å²) in [6.45, 7) is 0. The number of hydrogen-bond acceptors (Lipinski definition) is 2. The molecule has 1 fully saturated rings. The van der Waals surface area contributed by atoms with E-state index in [1.54, 1.807) is 0 Å². The summed E-state index contributed by atoms with van der Waals surface area (Å²) in [6, 6.07) is 0. The van der Waals surface area contributed by atoms with Gasteiger partial charge in [-0.1, -0.05) is 0 Å². The third-order valence-electron chi connectivity index (χ3n) is 2.08. The normalized spacial score (nSPS) is 29.7. The van der Waals surface area contributed by atoms with E-state index in [4.69, 9.17) is 5.84 Å². The number of hydrogen-bond donors (Lipinski definition) is 1. The van der Waals surface area contributed by atoms with Gasteiger partial charge in [-0.3, -0.25) is 0 Å². The smallest absolute Gasteiger partial charge is 0.241 e. The van der Waals surface area contributed by atoms with Crippen molar-refractivity contribution in [2.75, 3.05) is 0 Å². The molecule has 0 amide bonds. The lowest BCUT2D eigenvalue weighted by Crippen LogP contribution is -2.21. The summed E-state index contributed by atoms with van der Waals surface area (Å²) in [6.07, 6.45) is 0.363. The highest BCUT2D eigenvalue weighted by Gasteiger charge is 2.25. The van der Waals surface area contributed by atoms with Gasteiger partial charge in [0.25, 0.3) is 0 Å². The Hall–Kier alpha value is -0.670. The SMILES string of the molecule is N/N=C1/CCCC(C(F)F)C1. The topological polar surface area (TPSA) is 38.4 Å². The average molecular weight is 162 g/mol. The molecule has 0 aromatic carbocycles. The van der Waals surface area contributed by atoms with Crippen molar-refractivity contribution in [3.63, 3.8) is 0 Å². The van der Waals surface area contributed by atoms with E-state index in [2.05, 4.69) is 5.10 Å². The molecule has 0 radical (unpaired) electrons. The van der Waals surface area contributed by atoms with E-state index in [-0.39, 0.29) is 0 Å². The van der Waals surface area contributed by atoms with Crippen LogP contribution < -0.4 is 5.84 Å². The first-order valence-electron chi connectivity index (χ1n) is 3.78. The maximum atomic E-state index is 12.1. The molecule has 2 nitrogen and oxygen atoms in total. The van der Waals surface area contributed by atoms with Crippen molar-refractivity contribution in [3.8, 4) is 0 Å². The van der Waals surface area contributed by atoms with Crippen LogP contribution in [0.3, 0.4) is 0 Å². The zero-order valence-corrected chi connectivity index (χ0v) is 6.26. The lowest BCUT2D eigenvalue weighted by Gasteiger charge is -2.21. The summed E-state index contributed by atoms with van der Waals surface area (Å²) >= 11 is 0. The van der Waals surface area contributed by atoms with Crippen molar-refractivity contribution in [2.45, 2.75) is 32.1 Å². The largest absolute Gasteiger partial charge is 0.323 e. The molecule has 1 saturated carbocycles. The second kappa shape index (κ2) is 3.64. The molecule has 0 aliphatic heterocycles. The quantitative estimate of drug-likeness (QED) is 0.463. The van der Waals surface area contributed by atoms with Gasteiger partial charge in [0.1, 0.15) is 0 Å². The first kappa shape index (κ1) is 8.43. The van der Waals surface area contributed by atoms with E-state index in [1.165, 1.54) is 0 Å². The minimum atomic E-state index is -2.22. The Morgan fingerprint density at radius 2 is 2.27 bits per heavy atom. The molecular weight excluding hydrogens is 150 g/mol. The Morgan fingerprint density at radius 3 is 2.82 bits per heavy atom. The molecule has 1 aliphatic carbocycles. The van der Waals surface area contributed by atoms with Crippen molar-refractivity contribution in [1.29, 1.82) is 0 Å². The van der Waals surface area contributed by atoms with Crippen molar-refractivity contribution in [2.24, 2.45) is 16.9 Å². The molecule has 64 valence electrons. The highest BCUT2D eigenvalue weighted by molar-refractivity contribution is 5.85. The van der Waals surface area contributed by atoms with E-state index in [0.717, 1.165) is 18.6 Å². The summed E-state index contributed by atoms with van der Waals surface area (Å²) in [5.74, 6) is 4.50. The van der Waals surface area contributed by atoms with E-state index in [9.17, 15) is 8.78 Å². The number of halogens is 2. The van der Waals surface area contributed by atoms with Crippen LogP contribution in [0.1, 0.15) is 25.7 Å². The minimum absolute atomic E-state index is 0.383. The fourth-order valence-electron chi connectivity index (χ4n) is 1.41. The lowest BCUT2D eigenvalue weighted by atomic mass is 9.88. The fourth-order valence-corrected chi connectivity index (χ4v) is 1.41. The third kappa shape index (κ3) is 2.13. The van der Waals surface area contributed by atoms with Crippen molar-refractivity contribution < 1.29 is 8.78 Å². The first-order valence-corrected chi connectivity index (χ1v) is 3.78. The van der Waals surface area contributed by atoms with Crippen LogP contribution in [0.25, 0.3) is 0 Å². The summed E-state index contributed by atoms with van der Waals surface area (Å²) in [5.41, 5.74) is 0.738. The summed E-state index contributed by atoms with van der Waals surface area (Å²) < 4.78 is 24.3. The monoisotopic (exact) mass is 162 g/mol. The predicted molar refractivity (Wildman–Crippen MR) is 39.6 cm³/mol. The summed E-state index contributed by atoms with van der Waals surface area (Å²) in [7, 11) is 0.